The van der Waals surface area contributed by atoms with Gasteiger partial charge in [0.05, 0.1) is 17.7 Å². The van der Waals surface area contributed by atoms with E-state index in [4.69, 9.17) is 9.84 Å². The molecule has 0 unspecified atom stereocenters. The van der Waals surface area contributed by atoms with E-state index in [0.29, 0.717) is 36.2 Å². The second-order valence-corrected chi connectivity index (χ2v) is 11.7. The number of carbonyl (C=O) groups excluding carboxylic acids is 2. The van der Waals surface area contributed by atoms with Crippen molar-refractivity contribution in [3.05, 3.63) is 17.8 Å². The Hall–Kier alpha value is -2.84. The predicted molar refractivity (Wildman–Crippen MR) is 135 cm³/mol. The van der Waals surface area contributed by atoms with Crippen LogP contribution in [0.1, 0.15) is 83.0 Å². The fourth-order valence-electron chi connectivity index (χ4n) is 6.35. The zero-order valence-electron chi connectivity index (χ0n) is 21.8. The fraction of sp³-hybridized carbons (Fsp3) is 0.704. The van der Waals surface area contributed by atoms with E-state index >= 15 is 0 Å². The summed E-state index contributed by atoms with van der Waals surface area (Å²) in [6.07, 6.45) is 11.4. The Morgan fingerprint density at radius 3 is 2.39 bits per heavy atom. The van der Waals surface area contributed by atoms with Gasteiger partial charge in [-0.3, -0.25) is 14.4 Å². The summed E-state index contributed by atoms with van der Waals surface area (Å²) in [5.41, 5.74) is -0.467. The molecule has 0 atom stereocenters. The number of carboxylic acids is 1. The van der Waals surface area contributed by atoms with Crippen LogP contribution in [0.25, 0.3) is 6.20 Å². The van der Waals surface area contributed by atoms with Crippen molar-refractivity contribution in [1.82, 2.24) is 20.4 Å². The van der Waals surface area contributed by atoms with Crippen molar-refractivity contribution in [3.63, 3.8) is 0 Å². The molecule has 4 aliphatic rings. The van der Waals surface area contributed by atoms with Crippen LogP contribution in [0.15, 0.2) is 12.3 Å². The first-order chi connectivity index (χ1) is 17.0. The molecular formula is C27H40N4O5. The molecule has 0 saturated heterocycles. The molecule has 4 aliphatic carbocycles. The van der Waals surface area contributed by atoms with E-state index < -0.39 is 11.4 Å². The highest BCUT2D eigenvalue weighted by molar-refractivity contribution is 5.96. The first-order valence-corrected chi connectivity index (χ1v) is 13.3. The van der Waals surface area contributed by atoms with Crippen molar-refractivity contribution in [2.75, 3.05) is 6.54 Å². The first-order valence-electron chi connectivity index (χ1n) is 13.3. The maximum absolute atomic E-state index is 13.4. The number of hydrogen-bond acceptors (Lipinski definition) is 5. The third kappa shape index (κ3) is 5.93. The smallest absolute Gasteiger partial charge is 0.303 e. The van der Waals surface area contributed by atoms with E-state index in [1.54, 1.807) is 26.1 Å². The topological polar surface area (TPSA) is 123 Å². The Morgan fingerprint density at radius 1 is 1.17 bits per heavy atom. The van der Waals surface area contributed by atoms with Crippen molar-refractivity contribution < 1.29 is 24.2 Å². The second-order valence-electron chi connectivity index (χ2n) is 11.7. The first kappa shape index (κ1) is 26.2. The van der Waals surface area contributed by atoms with Crippen LogP contribution < -0.4 is 15.4 Å². The van der Waals surface area contributed by atoms with E-state index in [1.165, 1.54) is 43.0 Å². The van der Waals surface area contributed by atoms with Crippen molar-refractivity contribution in [2.45, 2.75) is 84.8 Å². The lowest BCUT2D eigenvalue weighted by atomic mass is 9.54. The molecule has 3 N–H and O–H groups in total. The summed E-state index contributed by atoms with van der Waals surface area (Å²) in [5.74, 6) is 1.93. The number of rotatable bonds is 11. The summed E-state index contributed by atoms with van der Waals surface area (Å²) >= 11 is 0. The number of aromatic nitrogens is 2. The van der Waals surface area contributed by atoms with Gasteiger partial charge in [0.1, 0.15) is 5.56 Å². The third-order valence-corrected chi connectivity index (χ3v) is 7.94. The van der Waals surface area contributed by atoms with Crippen LogP contribution in [-0.4, -0.2) is 51.4 Å². The van der Waals surface area contributed by atoms with Crippen molar-refractivity contribution in [1.29, 1.82) is 0 Å². The molecule has 0 radical (unpaired) electrons. The van der Waals surface area contributed by atoms with E-state index in [9.17, 15) is 14.4 Å². The van der Waals surface area contributed by atoms with Gasteiger partial charge in [0.2, 0.25) is 11.8 Å². The molecular weight excluding hydrogens is 460 g/mol. The quantitative estimate of drug-likeness (QED) is 0.398. The molecule has 4 fully saturated rings. The Labute approximate surface area is 213 Å². The van der Waals surface area contributed by atoms with Gasteiger partial charge in [0, 0.05) is 25.2 Å². The van der Waals surface area contributed by atoms with Crippen LogP contribution in [0, 0.1) is 29.1 Å². The highest BCUT2D eigenvalue weighted by Crippen LogP contribution is 2.53. The molecule has 1 aromatic heterocycles. The van der Waals surface area contributed by atoms with Gasteiger partial charge in [-0.1, -0.05) is 6.08 Å². The molecule has 1 heterocycles. The zero-order chi connectivity index (χ0) is 26.0. The second kappa shape index (κ2) is 10.6. The summed E-state index contributed by atoms with van der Waals surface area (Å²) in [5, 5.41) is 19.2. The third-order valence-electron chi connectivity index (χ3n) is 7.94. The van der Waals surface area contributed by atoms with E-state index in [0.717, 1.165) is 11.8 Å². The number of amides is 2. The highest BCUT2D eigenvalue weighted by atomic mass is 16.5. The Balaban J connectivity index is 1.44. The van der Waals surface area contributed by atoms with E-state index in [-0.39, 0.29) is 30.4 Å². The van der Waals surface area contributed by atoms with Gasteiger partial charge in [-0.25, -0.2) is 4.68 Å². The average molecular weight is 501 g/mol. The molecule has 0 aliphatic heterocycles. The van der Waals surface area contributed by atoms with Gasteiger partial charge in [0.15, 0.2) is 0 Å². The highest BCUT2D eigenvalue weighted by Gasteiger charge is 2.48. The minimum atomic E-state index is -0.886. The molecule has 9 heteroatoms. The summed E-state index contributed by atoms with van der Waals surface area (Å²) in [7, 11) is 0. The minimum absolute atomic E-state index is 0.00803. The number of nitrogens with zero attached hydrogens (tertiary/aromatic N) is 2. The molecule has 0 aromatic carbocycles. The van der Waals surface area contributed by atoms with Gasteiger partial charge in [-0.2, -0.15) is 5.10 Å². The molecule has 36 heavy (non-hydrogen) atoms. The number of hydrogen-bond donors (Lipinski definition) is 3. The lowest BCUT2D eigenvalue weighted by molar-refractivity contribution is -0.137. The summed E-state index contributed by atoms with van der Waals surface area (Å²) in [6.45, 7) is 7.62. The number of nitrogens with one attached hydrogen (secondary N) is 2. The molecule has 1 aromatic rings. The van der Waals surface area contributed by atoms with Gasteiger partial charge in [-0.05, 0) is 89.9 Å². The predicted octanol–water partition coefficient (Wildman–Crippen LogP) is 3.70. The molecule has 0 spiro atoms. The Bertz CT molecular complexity index is 984. The van der Waals surface area contributed by atoms with Crippen LogP contribution in [0.4, 0.5) is 0 Å². The van der Waals surface area contributed by atoms with Gasteiger partial charge < -0.3 is 20.5 Å². The van der Waals surface area contributed by atoms with Crippen LogP contribution >= 0.6 is 0 Å². The normalized spacial score (nSPS) is 27.0. The standard InChI is InChI=1S/C27H40N4O5/c1-16(2)36-25-21(24(34)30-23-19-11-17-10-18(13-19)14-20(23)12-17)15-29-31(25)9-7-27(3,4)26(35)28-8-5-6-22(32)33/h7,9,15-20,23H,5-6,8,10-14H2,1-4H3,(H,28,35)(H,30,34)(H,32,33)/b9-7+. The summed E-state index contributed by atoms with van der Waals surface area (Å²) < 4.78 is 7.51. The van der Waals surface area contributed by atoms with Gasteiger partial charge in [-0.15, -0.1) is 0 Å². The zero-order valence-corrected chi connectivity index (χ0v) is 21.8. The van der Waals surface area contributed by atoms with Crippen molar-refractivity contribution in [2.24, 2.45) is 29.1 Å². The molecule has 4 saturated carbocycles. The van der Waals surface area contributed by atoms with E-state index in [1.807, 2.05) is 13.8 Å². The maximum Gasteiger partial charge on any atom is 0.303 e. The average Bonchev–Trinajstić information content (AvgIpc) is 3.18. The monoisotopic (exact) mass is 500 g/mol. The van der Waals surface area contributed by atoms with Crippen molar-refractivity contribution >= 4 is 24.0 Å². The molecule has 4 bridgehead atoms. The Morgan fingerprint density at radius 2 is 1.81 bits per heavy atom. The number of aliphatic carboxylic acids is 1. The van der Waals surface area contributed by atoms with Crippen LogP contribution in [-0.2, 0) is 9.59 Å². The molecule has 198 valence electrons. The van der Waals surface area contributed by atoms with Crippen LogP contribution in [0.3, 0.4) is 0 Å². The van der Waals surface area contributed by atoms with E-state index in [2.05, 4.69) is 15.7 Å². The molecule has 5 rings (SSSR count). The maximum atomic E-state index is 13.4. The molecule has 2 amide bonds. The fourth-order valence-corrected chi connectivity index (χ4v) is 6.35. The minimum Gasteiger partial charge on any atom is -0.481 e. The van der Waals surface area contributed by atoms with Gasteiger partial charge >= 0.3 is 5.97 Å². The lowest BCUT2D eigenvalue weighted by Crippen LogP contribution is -2.55. The number of carbonyl (C=O) groups is 3. The SMILES string of the molecule is CC(C)Oc1c(C(=O)NC2C3CC4CC(C3)CC2C4)cnn1/C=C/C(C)(C)C(=O)NCCCC(=O)O. The lowest BCUT2D eigenvalue weighted by Gasteiger charge is -2.54. The summed E-state index contributed by atoms with van der Waals surface area (Å²) in [4.78, 5) is 36.7. The molecule has 9 nitrogen and oxygen atoms in total. The number of carboxylic acid groups (broad SMARTS) is 1. The van der Waals surface area contributed by atoms with Crippen molar-refractivity contribution in [3.8, 4) is 5.88 Å². The summed E-state index contributed by atoms with van der Waals surface area (Å²) in [6, 6.07) is 0.222. The van der Waals surface area contributed by atoms with Crippen LogP contribution in [0.2, 0.25) is 0 Å². The largest absolute Gasteiger partial charge is 0.481 e. The van der Waals surface area contributed by atoms with Gasteiger partial charge in [0.25, 0.3) is 5.91 Å². The van der Waals surface area contributed by atoms with Crippen LogP contribution in [0.5, 0.6) is 5.88 Å². The number of ether oxygens (including phenoxy) is 1. The Kier molecular flexibility index (Phi) is 7.76.